The summed E-state index contributed by atoms with van der Waals surface area (Å²) in [6.45, 7) is 3.05. The van der Waals surface area contributed by atoms with Gasteiger partial charge in [-0.2, -0.15) is 0 Å². The molecule has 0 radical (unpaired) electrons. The number of hydrogen-bond donors (Lipinski definition) is 0. The molecule has 2 rings (SSSR count). The van der Waals surface area contributed by atoms with Gasteiger partial charge in [0.2, 0.25) is 0 Å². The lowest BCUT2D eigenvalue weighted by Crippen LogP contribution is -2.38. The van der Waals surface area contributed by atoms with Crippen molar-refractivity contribution in [3.8, 4) is 0 Å². The van der Waals surface area contributed by atoms with Crippen LogP contribution < -0.4 is 0 Å². The predicted molar refractivity (Wildman–Crippen MR) is 46.9 cm³/mol. The molecule has 1 saturated heterocycles. The van der Waals surface area contributed by atoms with Gasteiger partial charge in [0.25, 0.3) is 0 Å². The van der Waals surface area contributed by atoms with Crippen molar-refractivity contribution >= 4 is 0 Å². The molecule has 0 aromatic heterocycles. The summed E-state index contributed by atoms with van der Waals surface area (Å²) in [6.07, 6.45) is 7.62. The Labute approximate surface area is 74.2 Å². The van der Waals surface area contributed by atoms with E-state index in [1.165, 1.54) is 25.7 Å². The van der Waals surface area contributed by atoms with Crippen LogP contribution in [0.15, 0.2) is 0 Å². The molecule has 2 nitrogen and oxygen atoms in total. The van der Waals surface area contributed by atoms with Crippen LogP contribution in [-0.2, 0) is 9.47 Å². The standard InChI is InChI=1S/C10H18O2/c1-2-3-5-9-8-11-10(12-9)6-4-7-10/h9H,2-8H2,1H3. The summed E-state index contributed by atoms with van der Waals surface area (Å²) in [7, 11) is 0. The van der Waals surface area contributed by atoms with Crippen LogP contribution in [0.25, 0.3) is 0 Å². The molecule has 2 heteroatoms. The van der Waals surface area contributed by atoms with E-state index in [-0.39, 0.29) is 5.79 Å². The molecule has 0 aromatic rings. The largest absolute Gasteiger partial charge is 0.347 e. The Hall–Kier alpha value is -0.0800. The molecule has 70 valence electrons. The van der Waals surface area contributed by atoms with Crippen molar-refractivity contribution in [3.05, 3.63) is 0 Å². The molecule has 2 fully saturated rings. The van der Waals surface area contributed by atoms with Crippen LogP contribution in [-0.4, -0.2) is 18.5 Å². The molecule has 1 saturated carbocycles. The first-order chi connectivity index (χ1) is 5.85. The van der Waals surface area contributed by atoms with Gasteiger partial charge < -0.3 is 9.47 Å². The highest BCUT2D eigenvalue weighted by molar-refractivity contribution is 4.86. The van der Waals surface area contributed by atoms with Gasteiger partial charge in [-0.3, -0.25) is 0 Å². The van der Waals surface area contributed by atoms with E-state index in [2.05, 4.69) is 6.92 Å². The molecule has 0 aromatic carbocycles. The molecule has 1 aliphatic carbocycles. The molecule has 12 heavy (non-hydrogen) atoms. The van der Waals surface area contributed by atoms with E-state index in [0.717, 1.165) is 19.4 Å². The lowest BCUT2D eigenvalue weighted by Gasteiger charge is -2.36. The monoisotopic (exact) mass is 170 g/mol. The SMILES string of the molecule is CCCCC1COC2(CCC2)O1. The van der Waals surface area contributed by atoms with Crippen molar-refractivity contribution in [1.82, 2.24) is 0 Å². The maximum Gasteiger partial charge on any atom is 0.168 e. The number of ether oxygens (including phenoxy) is 2. The van der Waals surface area contributed by atoms with E-state index in [4.69, 9.17) is 9.47 Å². The molecule has 1 spiro atoms. The first kappa shape index (κ1) is 8.52. The molecule has 0 N–H and O–H groups in total. The third-order valence-electron chi connectivity index (χ3n) is 2.91. The normalized spacial score (nSPS) is 32.2. The van der Waals surface area contributed by atoms with Gasteiger partial charge in [0, 0.05) is 12.8 Å². The zero-order valence-corrected chi connectivity index (χ0v) is 7.84. The van der Waals surface area contributed by atoms with Gasteiger partial charge in [0.05, 0.1) is 12.7 Å². The molecular formula is C10H18O2. The molecule has 1 heterocycles. The summed E-state index contributed by atoms with van der Waals surface area (Å²) in [5.74, 6) is -0.113. The molecule has 1 unspecified atom stereocenters. The minimum absolute atomic E-state index is 0.113. The van der Waals surface area contributed by atoms with Crippen LogP contribution in [0.4, 0.5) is 0 Å². The van der Waals surface area contributed by atoms with E-state index < -0.39 is 0 Å². The summed E-state index contributed by atoms with van der Waals surface area (Å²) in [5.41, 5.74) is 0. The fourth-order valence-electron chi connectivity index (χ4n) is 1.92. The van der Waals surface area contributed by atoms with Crippen molar-refractivity contribution in [2.75, 3.05) is 6.61 Å². The zero-order valence-electron chi connectivity index (χ0n) is 7.84. The lowest BCUT2D eigenvalue weighted by atomic mass is 9.91. The van der Waals surface area contributed by atoms with Gasteiger partial charge in [-0.15, -0.1) is 0 Å². The number of unbranched alkanes of at least 4 members (excludes halogenated alkanes) is 1. The molecule has 1 aliphatic heterocycles. The minimum atomic E-state index is -0.113. The highest BCUT2D eigenvalue weighted by atomic mass is 16.7. The molecule has 0 bridgehead atoms. The van der Waals surface area contributed by atoms with E-state index in [9.17, 15) is 0 Å². The van der Waals surface area contributed by atoms with Crippen LogP contribution >= 0.6 is 0 Å². The summed E-state index contributed by atoms with van der Waals surface area (Å²) >= 11 is 0. The van der Waals surface area contributed by atoms with Crippen LogP contribution in [0.1, 0.15) is 45.4 Å². The Kier molecular flexibility index (Phi) is 2.37. The Balaban J connectivity index is 1.74. The minimum Gasteiger partial charge on any atom is -0.347 e. The van der Waals surface area contributed by atoms with E-state index >= 15 is 0 Å². The van der Waals surface area contributed by atoms with Gasteiger partial charge in [-0.1, -0.05) is 19.8 Å². The van der Waals surface area contributed by atoms with Crippen LogP contribution in [0, 0.1) is 0 Å². The predicted octanol–water partition coefficient (Wildman–Crippen LogP) is 2.47. The third-order valence-corrected chi connectivity index (χ3v) is 2.91. The third kappa shape index (κ3) is 1.50. The Bertz CT molecular complexity index is 150. The van der Waals surface area contributed by atoms with Crippen molar-refractivity contribution in [2.45, 2.75) is 57.3 Å². The average molecular weight is 170 g/mol. The maximum atomic E-state index is 5.86. The second-order valence-corrected chi connectivity index (χ2v) is 3.96. The van der Waals surface area contributed by atoms with Crippen molar-refractivity contribution in [2.24, 2.45) is 0 Å². The van der Waals surface area contributed by atoms with Crippen molar-refractivity contribution in [3.63, 3.8) is 0 Å². The van der Waals surface area contributed by atoms with Gasteiger partial charge in [0.15, 0.2) is 5.79 Å². The Morgan fingerprint density at radius 1 is 1.42 bits per heavy atom. The fraction of sp³-hybridized carbons (Fsp3) is 1.00. The smallest absolute Gasteiger partial charge is 0.168 e. The van der Waals surface area contributed by atoms with Gasteiger partial charge in [-0.05, 0) is 12.8 Å². The van der Waals surface area contributed by atoms with Crippen LogP contribution in [0.2, 0.25) is 0 Å². The second kappa shape index (κ2) is 3.35. The topological polar surface area (TPSA) is 18.5 Å². The summed E-state index contributed by atoms with van der Waals surface area (Å²) < 4.78 is 11.5. The van der Waals surface area contributed by atoms with Crippen LogP contribution in [0.5, 0.6) is 0 Å². The van der Waals surface area contributed by atoms with Gasteiger partial charge in [0.1, 0.15) is 0 Å². The number of rotatable bonds is 3. The quantitative estimate of drug-likeness (QED) is 0.647. The Morgan fingerprint density at radius 2 is 2.25 bits per heavy atom. The highest BCUT2D eigenvalue weighted by Crippen LogP contribution is 2.42. The van der Waals surface area contributed by atoms with Gasteiger partial charge >= 0.3 is 0 Å². The lowest BCUT2D eigenvalue weighted by molar-refractivity contribution is -0.216. The fourth-order valence-corrected chi connectivity index (χ4v) is 1.92. The zero-order chi connectivity index (χ0) is 8.44. The Morgan fingerprint density at radius 3 is 2.75 bits per heavy atom. The van der Waals surface area contributed by atoms with E-state index in [0.29, 0.717) is 6.10 Å². The first-order valence-corrected chi connectivity index (χ1v) is 5.16. The summed E-state index contributed by atoms with van der Waals surface area (Å²) in [4.78, 5) is 0. The molecule has 1 atom stereocenters. The van der Waals surface area contributed by atoms with E-state index in [1.807, 2.05) is 0 Å². The average Bonchev–Trinajstić information content (AvgIpc) is 2.44. The van der Waals surface area contributed by atoms with Crippen molar-refractivity contribution in [1.29, 1.82) is 0 Å². The first-order valence-electron chi connectivity index (χ1n) is 5.16. The summed E-state index contributed by atoms with van der Waals surface area (Å²) in [6, 6.07) is 0. The molecular weight excluding hydrogens is 152 g/mol. The van der Waals surface area contributed by atoms with Crippen LogP contribution in [0.3, 0.4) is 0 Å². The van der Waals surface area contributed by atoms with E-state index in [1.54, 1.807) is 0 Å². The second-order valence-electron chi connectivity index (χ2n) is 3.96. The highest BCUT2D eigenvalue weighted by Gasteiger charge is 2.45. The maximum absolute atomic E-state index is 5.86. The molecule has 2 aliphatic rings. The van der Waals surface area contributed by atoms with Crippen molar-refractivity contribution < 1.29 is 9.47 Å². The van der Waals surface area contributed by atoms with Gasteiger partial charge in [-0.25, -0.2) is 0 Å². The summed E-state index contributed by atoms with van der Waals surface area (Å²) in [5, 5.41) is 0. The molecule has 0 amide bonds. The number of hydrogen-bond acceptors (Lipinski definition) is 2.